The van der Waals surface area contributed by atoms with Crippen LogP contribution in [-0.4, -0.2) is 68.7 Å². The smallest absolute Gasteiger partial charge is 0.310 e. The Balaban J connectivity index is 1.09. The number of imide groups is 1. The third-order valence-corrected chi connectivity index (χ3v) is 12.4. The lowest BCUT2D eigenvalue weighted by Gasteiger charge is -2.38. The molecule has 2 N–H and O–H groups in total. The number of carbonyl (C=O) groups excluding carboxylic acids is 4. The highest BCUT2D eigenvalue weighted by Gasteiger charge is 2.40. The second-order valence-corrected chi connectivity index (χ2v) is 16.8. The molecule has 1 aromatic carbocycles. The highest BCUT2D eigenvalue weighted by atomic mass is 32.1. The second kappa shape index (κ2) is 15.7. The SMILES string of the molecule is CCCC1CCC(C2CC(=O)N(c3cnc(-c4ccc(C[C@H](NC(=O)c5ccc(C(C)(C)C)s5)C(=O)N5CC(C(=O)O)C5)cc4)nc3)C(=O)C2)CC1. The zero-order valence-electron chi connectivity index (χ0n) is 30.5. The van der Waals surface area contributed by atoms with E-state index in [1.807, 2.05) is 30.3 Å². The Kier molecular flexibility index (Phi) is 11.2. The molecule has 2 aliphatic heterocycles. The van der Waals surface area contributed by atoms with Crippen molar-refractivity contribution in [3.8, 4) is 11.4 Å². The van der Waals surface area contributed by atoms with E-state index >= 15 is 0 Å². The number of rotatable bonds is 11. The number of benzene rings is 1. The van der Waals surface area contributed by atoms with Crippen LogP contribution in [0, 0.1) is 23.7 Å². The Labute approximate surface area is 309 Å². The molecule has 1 saturated carbocycles. The van der Waals surface area contributed by atoms with Crippen molar-refractivity contribution in [1.82, 2.24) is 20.2 Å². The first-order valence-electron chi connectivity index (χ1n) is 18.5. The first-order chi connectivity index (χ1) is 24.8. The van der Waals surface area contributed by atoms with Crippen molar-refractivity contribution in [2.75, 3.05) is 18.0 Å². The molecule has 0 spiro atoms. The van der Waals surface area contributed by atoms with Gasteiger partial charge in [-0.1, -0.05) is 77.6 Å². The summed E-state index contributed by atoms with van der Waals surface area (Å²) in [7, 11) is 0. The maximum atomic E-state index is 13.5. The summed E-state index contributed by atoms with van der Waals surface area (Å²) in [6.07, 6.45) is 11.0. The topological polar surface area (TPSA) is 150 Å². The molecule has 12 heteroatoms. The zero-order chi connectivity index (χ0) is 37.2. The maximum absolute atomic E-state index is 13.5. The summed E-state index contributed by atoms with van der Waals surface area (Å²) in [6.45, 7) is 8.65. The van der Waals surface area contributed by atoms with Crippen LogP contribution < -0.4 is 10.2 Å². The number of amides is 4. The molecule has 3 aliphatic rings. The molecule has 0 unspecified atom stereocenters. The summed E-state index contributed by atoms with van der Waals surface area (Å²) in [6, 6.07) is 10.1. The highest BCUT2D eigenvalue weighted by Crippen LogP contribution is 2.40. The summed E-state index contributed by atoms with van der Waals surface area (Å²) < 4.78 is 0. The Hall–Kier alpha value is -4.45. The van der Waals surface area contributed by atoms with Gasteiger partial charge in [-0.15, -0.1) is 11.3 Å². The largest absolute Gasteiger partial charge is 0.481 e. The molecule has 11 nitrogen and oxygen atoms in total. The molecule has 4 heterocycles. The Morgan fingerprint density at radius 2 is 1.56 bits per heavy atom. The standard InChI is InChI=1S/C40H49N5O6S/c1-5-6-24-7-11-26(12-8-24)28-18-34(46)45(35(47)19-28)30-20-41-36(42-21-30)27-13-9-25(10-14-27)17-31(38(49)44-22-29(23-44)39(50)51)43-37(48)32-15-16-33(52-32)40(2,3)4/h9-10,13-16,20-21,24,26,28-29,31H,5-8,11-12,17-19,22-23H2,1-4H3,(H,43,48)(H,50,51)/t24?,26?,31-/m0/s1. The number of piperidine rings is 1. The van der Waals surface area contributed by atoms with Gasteiger partial charge in [-0.3, -0.25) is 24.0 Å². The molecule has 52 heavy (non-hydrogen) atoms. The number of hydrogen-bond acceptors (Lipinski definition) is 8. The minimum Gasteiger partial charge on any atom is -0.481 e. The number of hydrogen-bond donors (Lipinski definition) is 2. The lowest BCUT2D eigenvalue weighted by Crippen LogP contribution is -2.59. The van der Waals surface area contributed by atoms with Gasteiger partial charge in [0.25, 0.3) is 5.91 Å². The van der Waals surface area contributed by atoms with E-state index in [2.05, 4.69) is 43.0 Å². The van der Waals surface area contributed by atoms with Crippen molar-refractivity contribution in [1.29, 1.82) is 0 Å². The van der Waals surface area contributed by atoms with E-state index in [-0.39, 0.29) is 54.5 Å². The van der Waals surface area contributed by atoms with Crippen LogP contribution in [0.5, 0.6) is 0 Å². The van der Waals surface area contributed by atoms with E-state index < -0.39 is 17.9 Å². The molecule has 2 aromatic heterocycles. The average Bonchev–Trinajstić information content (AvgIpc) is 3.60. The van der Waals surface area contributed by atoms with E-state index in [4.69, 9.17) is 0 Å². The molecular formula is C40H49N5O6S. The summed E-state index contributed by atoms with van der Waals surface area (Å²) in [5, 5.41) is 12.2. The van der Waals surface area contributed by atoms with Gasteiger partial charge < -0.3 is 15.3 Å². The first kappa shape index (κ1) is 37.3. The molecule has 2 saturated heterocycles. The van der Waals surface area contributed by atoms with E-state index in [1.54, 1.807) is 6.07 Å². The molecule has 1 aliphatic carbocycles. The van der Waals surface area contributed by atoms with Crippen LogP contribution in [0.4, 0.5) is 5.69 Å². The molecule has 0 bridgehead atoms. The monoisotopic (exact) mass is 727 g/mol. The number of carbonyl (C=O) groups is 5. The molecule has 3 fully saturated rings. The zero-order valence-corrected chi connectivity index (χ0v) is 31.3. The minimum absolute atomic E-state index is 0.102. The fourth-order valence-corrected chi connectivity index (χ4v) is 8.73. The number of aromatic nitrogens is 2. The van der Waals surface area contributed by atoms with Gasteiger partial charge in [-0.2, -0.15) is 0 Å². The van der Waals surface area contributed by atoms with Crippen LogP contribution in [0.25, 0.3) is 11.4 Å². The lowest BCUT2D eigenvalue weighted by molar-refractivity contribution is -0.153. The van der Waals surface area contributed by atoms with E-state index in [1.165, 1.54) is 59.2 Å². The van der Waals surface area contributed by atoms with Crippen molar-refractivity contribution in [2.24, 2.45) is 23.7 Å². The molecular weight excluding hydrogens is 679 g/mol. The summed E-state index contributed by atoms with van der Waals surface area (Å²) >= 11 is 1.39. The Morgan fingerprint density at radius 1 is 0.923 bits per heavy atom. The predicted octanol–water partition coefficient (Wildman–Crippen LogP) is 6.26. The van der Waals surface area contributed by atoms with Crippen molar-refractivity contribution in [3.05, 3.63) is 64.1 Å². The fraction of sp³-hybridized carbons (Fsp3) is 0.525. The maximum Gasteiger partial charge on any atom is 0.310 e. The lowest BCUT2D eigenvalue weighted by atomic mass is 9.71. The van der Waals surface area contributed by atoms with Crippen LogP contribution in [0.15, 0.2) is 48.8 Å². The number of carboxylic acid groups (broad SMARTS) is 1. The number of nitrogens with one attached hydrogen (secondary N) is 1. The second-order valence-electron chi connectivity index (χ2n) is 15.7. The van der Waals surface area contributed by atoms with E-state index in [0.29, 0.717) is 40.7 Å². The normalized spacial score (nSPS) is 20.8. The van der Waals surface area contributed by atoms with Gasteiger partial charge in [0, 0.05) is 42.8 Å². The molecule has 1 atom stereocenters. The molecule has 6 rings (SSSR count). The summed E-state index contributed by atoms with van der Waals surface area (Å²) in [5.74, 6) is -0.896. The van der Waals surface area contributed by atoms with Crippen LogP contribution in [0.3, 0.4) is 0 Å². The number of carboxylic acids is 1. The number of anilines is 1. The molecule has 4 amide bonds. The van der Waals surface area contributed by atoms with Gasteiger partial charge in [0.15, 0.2) is 5.82 Å². The van der Waals surface area contributed by atoms with Gasteiger partial charge in [-0.25, -0.2) is 14.9 Å². The van der Waals surface area contributed by atoms with Gasteiger partial charge in [0.1, 0.15) is 6.04 Å². The number of thiophene rings is 1. The molecule has 0 radical (unpaired) electrons. The van der Waals surface area contributed by atoms with Gasteiger partial charge >= 0.3 is 5.97 Å². The Morgan fingerprint density at radius 3 is 2.12 bits per heavy atom. The number of likely N-dealkylation sites (tertiary alicyclic amines) is 1. The van der Waals surface area contributed by atoms with Crippen LogP contribution in [0.1, 0.15) is 99.2 Å². The molecule has 276 valence electrons. The van der Waals surface area contributed by atoms with Crippen LogP contribution in [0.2, 0.25) is 0 Å². The minimum atomic E-state index is -0.943. The van der Waals surface area contributed by atoms with Crippen LogP contribution in [-0.2, 0) is 31.0 Å². The van der Waals surface area contributed by atoms with Crippen molar-refractivity contribution < 1.29 is 29.1 Å². The van der Waals surface area contributed by atoms with Crippen molar-refractivity contribution in [3.63, 3.8) is 0 Å². The highest BCUT2D eigenvalue weighted by molar-refractivity contribution is 7.14. The van der Waals surface area contributed by atoms with Gasteiger partial charge in [0.2, 0.25) is 17.7 Å². The number of nitrogens with zero attached hydrogens (tertiary/aromatic N) is 4. The fourth-order valence-electron chi connectivity index (χ4n) is 7.76. The van der Waals surface area contributed by atoms with Gasteiger partial charge in [0.05, 0.1) is 28.9 Å². The van der Waals surface area contributed by atoms with E-state index in [9.17, 15) is 29.1 Å². The summed E-state index contributed by atoms with van der Waals surface area (Å²) in [5.41, 5.74) is 1.74. The van der Waals surface area contributed by atoms with Crippen molar-refractivity contribution >= 4 is 46.6 Å². The molecule has 3 aromatic rings. The van der Waals surface area contributed by atoms with Gasteiger partial charge in [-0.05, 0) is 53.7 Å². The van der Waals surface area contributed by atoms with Crippen molar-refractivity contribution in [2.45, 2.75) is 96.9 Å². The van der Waals surface area contributed by atoms with E-state index in [0.717, 1.165) is 29.2 Å². The van der Waals surface area contributed by atoms with Crippen LogP contribution >= 0.6 is 11.3 Å². The predicted molar refractivity (Wildman–Crippen MR) is 199 cm³/mol. The summed E-state index contributed by atoms with van der Waals surface area (Å²) in [4.78, 5) is 77.9. The average molecular weight is 728 g/mol. The third kappa shape index (κ3) is 8.43. The first-order valence-corrected chi connectivity index (χ1v) is 19.3. The third-order valence-electron chi connectivity index (χ3n) is 10.9. The number of aliphatic carboxylic acids is 1. The Bertz CT molecular complexity index is 1770. The quantitative estimate of drug-likeness (QED) is 0.220.